The van der Waals surface area contributed by atoms with Crippen molar-refractivity contribution < 1.29 is 19.2 Å². The number of hydrogen-bond donors (Lipinski definition) is 1. The lowest BCUT2D eigenvalue weighted by atomic mass is 10.1. The van der Waals surface area contributed by atoms with Gasteiger partial charge in [0.15, 0.2) is 0 Å². The highest BCUT2D eigenvalue weighted by atomic mass is 16.6. The predicted molar refractivity (Wildman–Crippen MR) is 71.8 cm³/mol. The number of ether oxygens (including phenoxy) is 1. The Bertz CT molecular complexity index is 539. The van der Waals surface area contributed by atoms with E-state index in [-0.39, 0.29) is 18.7 Å². The lowest BCUT2D eigenvalue weighted by Gasteiger charge is -2.01. The van der Waals surface area contributed by atoms with E-state index in [4.69, 9.17) is 0 Å². The molecular weight excluding hydrogens is 264 g/mol. The number of rotatable bonds is 6. The lowest BCUT2D eigenvalue weighted by Crippen LogP contribution is -2.24. The molecule has 1 rings (SSSR count). The fraction of sp³-hybridized carbons (Fsp3) is 0.231. The molecule has 0 saturated carbocycles. The third-order valence-electron chi connectivity index (χ3n) is 2.40. The minimum Gasteiger partial charge on any atom is -0.469 e. The lowest BCUT2D eigenvalue weighted by molar-refractivity contribution is -0.385. The molecule has 0 radical (unpaired) electrons. The zero-order valence-corrected chi connectivity index (χ0v) is 10.9. The normalized spacial score (nSPS) is 10.2. The standard InChI is InChI=1S/C13H14N2O5/c1-20-13(17)8-9-14-12(16)7-6-10-4-2-3-5-11(10)15(18)19/h2-7H,8-9H2,1H3,(H,14,16)/b7-6+. The number of esters is 1. The first-order chi connectivity index (χ1) is 9.54. The van der Waals surface area contributed by atoms with Gasteiger partial charge in [0, 0.05) is 18.7 Å². The number of carbonyl (C=O) groups excluding carboxylic acids is 2. The van der Waals surface area contributed by atoms with Gasteiger partial charge in [-0.05, 0) is 12.1 Å². The maximum absolute atomic E-state index is 11.4. The van der Waals surface area contributed by atoms with Gasteiger partial charge >= 0.3 is 5.97 Å². The molecule has 20 heavy (non-hydrogen) atoms. The summed E-state index contributed by atoms with van der Waals surface area (Å²) in [4.78, 5) is 32.5. The number of nitrogens with one attached hydrogen (secondary N) is 1. The van der Waals surface area contributed by atoms with Crippen LogP contribution in [-0.4, -0.2) is 30.5 Å². The Balaban J connectivity index is 2.57. The number of nitro benzene ring substituents is 1. The fourth-order valence-electron chi connectivity index (χ4n) is 1.41. The second kappa shape index (κ2) is 7.67. The average Bonchev–Trinajstić information content (AvgIpc) is 2.45. The molecule has 0 atom stereocenters. The third-order valence-corrected chi connectivity index (χ3v) is 2.40. The molecule has 1 aromatic rings. The van der Waals surface area contributed by atoms with E-state index in [1.165, 1.54) is 31.4 Å². The molecule has 0 aliphatic rings. The molecule has 1 N–H and O–H groups in total. The summed E-state index contributed by atoms with van der Waals surface area (Å²) in [5.41, 5.74) is 0.256. The van der Waals surface area contributed by atoms with Crippen LogP contribution in [0.1, 0.15) is 12.0 Å². The van der Waals surface area contributed by atoms with Crippen LogP contribution in [0.2, 0.25) is 0 Å². The van der Waals surface area contributed by atoms with Gasteiger partial charge in [0.05, 0.1) is 24.0 Å². The van der Waals surface area contributed by atoms with Crippen molar-refractivity contribution in [2.45, 2.75) is 6.42 Å². The van der Waals surface area contributed by atoms with Gasteiger partial charge in [-0.3, -0.25) is 19.7 Å². The number of methoxy groups -OCH3 is 1. The van der Waals surface area contributed by atoms with Gasteiger partial charge in [0.25, 0.3) is 5.69 Å². The van der Waals surface area contributed by atoms with E-state index in [1.54, 1.807) is 12.1 Å². The molecular formula is C13H14N2O5. The first kappa shape index (κ1) is 15.4. The van der Waals surface area contributed by atoms with Gasteiger partial charge in [0.2, 0.25) is 5.91 Å². The molecule has 0 aliphatic heterocycles. The van der Waals surface area contributed by atoms with Crippen LogP contribution >= 0.6 is 0 Å². The number of carbonyl (C=O) groups is 2. The van der Waals surface area contributed by atoms with Gasteiger partial charge in [-0.2, -0.15) is 0 Å². The molecule has 0 unspecified atom stereocenters. The van der Waals surface area contributed by atoms with E-state index >= 15 is 0 Å². The molecule has 0 aromatic heterocycles. The highest BCUT2D eigenvalue weighted by molar-refractivity contribution is 5.92. The molecule has 0 spiro atoms. The Morgan fingerprint density at radius 1 is 1.40 bits per heavy atom. The quantitative estimate of drug-likeness (QED) is 0.366. The van der Waals surface area contributed by atoms with E-state index in [1.807, 2.05) is 0 Å². The van der Waals surface area contributed by atoms with Crippen LogP contribution in [0.15, 0.2) is 30.3 Å². The summed E-state index contributed by atoms with van der Waals surface area (Å²) in [6.07, 6.45) is 2.60. The molecule has 106 valence electrons. The van der Waals surface area contributed by atoms with Crippen molar-refractivity contribution in [1.29, 1.82) is 0 Å². The largest absolute Gasteiger partial charge is 0.469 e. The summed E-state index contributed by atoms with van der Waals surface area (Å²) in [6, 6.07) is 6.08. The summed E-state index contributed by atoms with van der Waals surface area (Å²) in [7, 11) is 1.26. The number of amides is 1. The van der Waals surface area contributed by atoms with Crippen LogP contribution in [0.3, 0.4) is 0 Å². The maximum atomic E-state index is 11.4. The second-order valence-electron chi connectivity index (χ2n) is 3.77. The minimum absolute atomic E-state index is 0.0710. The summed E-state index contributed by atoms with van der Waals surface area (Å²) >= 11 is 0. The highest BCUT2D eigenvalue weighted by Gasteiger charge is 2.09. The Labute approximate surface area is 115 Å². The Hall–Kier alpha value is -2.70. The summed E-state index contributed by atoms with van der Waals surface area (Å²) in [5.74, 6) is -0.861. The number of hydrogen-bond acceptors (Lipinski definition) is 5. The van der Waals surface area contributed by atoms with Crippen LogP contribution in [0, 0.1) is 10.1 Å². The van der Waals surface area contributed by atoms with E-state index in [9.17, 15) is 19.7 Å². The summed E-state index contributed by atoms with van der Waals surface area (Å²) in [5, 5.41) is 13.2. The first-order valence-electron chi connectivity index (χ1n) is 5.80. The van der Waals surface area contributed by atoms with E-state index in [2.05, 4.69) is 10.1 Å². The van der Waals surface area contributed by atoms with Crippen molar-refractivity contribution in [2.75, 3.05) is 13.7 Å². The molecule has 7 nitrogen and oxygen atoms in total. The SMILES string of the molecule is COC(=O)CCNC(=O)/C=C/c1ccccc1[N+](=O)[O-]. The van der Waals surface area contributed by atoms with Crippen molar-refractivity contribution in [2.24, 2.45) is 0 Å². The molecule has 0 saturated heterocycles. The van der Waals surface area contributed by atoms with E-state index < -0.39 is 16.8 Å². The number of nitrogens with zero attached hydrogens (tertiary/aromatic N) is 1. The van der Waals surface area contributed by atoms with Crippen LogP contribution in [0.25, 0.3) is 6.08 Å². The average molecular weight is 278 g/mol. The van der Waals surface area contributed by atoms with Crippen molar-refractivity contribution in [3.8, 4) is 0 Å². The van der Waals surface area contributed by atoms with E-state index in [0.717, 1.165) is 0 Å². The van der Waals surface area contributed by atoms with Crippen LogP contribution in [-0.2, 0) is 14.3 Å². The molecule has 1 aromatic carbocycles. The van der Waals surface area contributed by atoms with Crippen LogP contribution in [0.4, 0.5) is 5.69 Å². The van der Waals surface area contributed by atoms with Gasteiger partial charge in [-0.25, -0.2) is 0 Å². The maximum Gasteiger partial charge on any atom is 0.307 e. The monoisotopic (exact) mass is 278 g/mol. The van der Waals surface area contributed by atoms with Gasteiger partial charge in [-0.15, -0.1) is 0 Å². The van der Waals surface area contributed by atoms with Crippen molar-refractivity contribution >= 4 is 23.6 Å². The van der Waals surface area contributed by atoms with Crippen LogP contribution in [0.5, 0.6) is 0 Å². The minimum atomic E-state index is -0.519. The number of nitro groups is 1. The molecule has 0 bridgehead atoms. The Kier molecular flexibility index (Phi) is 5.89. The van der Waals surface area contributed by atoms with Gasteiger partial charge in [0.1, 0.15) is 0 Å². The molecule has 0 heterocycles. The molecule has 7 heteroatoms. The van der Waals surface area contributed by atoms with Crippen molar-refractivity contribution in [3.63, 3.8) is 0 Å². The predicted octanol–water partition coefficient (Wildman–Crippen LogP) is 1.29. The van der Waals surface area contributed by atoms with E-state index in [0.29, 0.717) is 5.56 Å². The van der Waals surface area contributed by atoms with Crippen LogP contribution < -0.4 is 5.32 Å². The number of benzene rings is 1. The Morgan fingerprint density at radius 2 is 2.10 bits per heavy atom. The third kappa shape index (κ3) is 4.89. The van der Waals surface area contributed by atoms with Crippen molar-refractivity contribution in [3.05, 3.63) is 46.0 Å². The summed E-state index contributed by atoms with van der Waals surface area (Å²) in [6.45, 7) is 0.146. The molecule has 1 amide bonds. The second-order valence-corrected chi connectivity index (χ2v) is 3.77. The summed E-state index contributed by atoms with van der Waals surface area (Å²) < 4.78 is 4.42. The van der Waals surface area contributed by atoms with Crippen molar-refractivity contribution in [1.82, 2.24) is 5.32 Å². The molecule has 0 fully saturated rings. The highest BCUT2D eigenvalue weighted by Crippen LogP contribution is 2.18. The van der Waals surface area contributed by atoms with Gasteiger partial charge in [-0.1, -0.05) is 12.1 Å². The first-order valence-corrected chi connectivity index (χ1v) is 5.80. The zero-order chi connectivity index (χ0) is 15.0. The topological polar surface area (TPSA) is 98.5 Å². The number of para-hydroxylation sites is 1. The van der Waals surface area contributed by atoms with Gasteiger partial charge < -0.3 is 10.1 Å². The Morgan fingerprint density at radius 3 is 2.75 bits per heavy atom. The smallest absolute Gasteiger partial charge is 0.307 e. The molecule has 0 aliphatic carbocycles. The zero-order valence-electron chi connectivity index (χ0n) is 10.9. The fourth-order valence-corrected chi connectivity index (χ4v) is 1.41.